The second kappa shape index (κ2) is 9.24. The number of allylic oxidation sites excluding steroid dienone is 4. The third-order valence-corrected chi connectivity index (χ3v) is 6.66. The van der Waals surface area contributed by atoms with E-state index in [4.69, 9.17) is 0 Å². The van der Waals surface area contributed by atoms with Crippen LogP contribution in [0.5, 0.6) is 0 Å². The Bertz CT molecular complexity index is 933. The van der Waals surface area contributed by atoms with E-state index < -0.39 is 12.3 Å². The molecule has 0 saturated heterocycles. The number of alkyl halides is 2. The van der Waals surface area contributed by atoms with Crippen molar-refractivity contribution in [1.29, 1.82) is 0 Å². The lowest BCUT2D eigenvalue weighted by Crippen LogP contribution is -2.29. The van der Waals surface area contributed by atoms with Gasteiger partial charge in [0.25, 0.3) is 0 Å². The van der Waals surface area contributed by atoms with Crippen molar-refractivity contribution in [3.63, 3.8) is 0 Å². The Morgan fingerprint density at radius 3 is 2.20 bits per heavy atom. The van der Waals surface area contributed by atoms with Gasteiger partial charge in [0.1, 0.15) is 5.82 Å². The molecule has 0 amide bonds. The molecule has 0 radical (unpaired) electrons. The van der Waals surface area contributed by atoms with Gasteiger partial charge < -0.3 is 0 Å². The van der Waals surface area contributed by atoms with Crippen LogP contribution >= 0.6 is 0 Å². The molecule has 2 aromatic carbocycles. The molecule has 0 aromatic heterocycles. The zero-order chi connectivity index (χ0) is 21.1. The van der Waals surface area contributed by atoms with Gasteiger partial charge in [0.2, 0.25) is 0 Å². The van der Waals surface area contributed by atoms with Gasteiger partial charge >= 0.3 is 0 Å². The van der Waals surface area contributed by atoms with Gasteiger partial charge in [0.15, 0.2) is 12.3 Å². The Balaban J connectivity index is 1.41. The molecule has 0 bridgehead atoms. The molecule has 2 aliphatic rings. The van der Waals surface area contributed by atoms with Crippen molar-refractivity contribution in [2.45, 2.75) is 64.2 Å². The van der Waals surface area contributed by atoms with E-state index in [2.05, 4.69) is 0 Å². The zero-order valence-electron chi connectivity index (χ0n) is 17.5. The van der Waals surface area contributed by atoms with Gasteiger partial charge in [-0.05, 0) is 78.0 Å². The minimum absolute atomic E-state index is 0.212. The van der Waals surface area contributed by atoms with E-state index in [-0.39, 0.29) is 11.7 Å². The number of aryl methyl sites for hydroxylation is 2. The first-order valence-corrected chi connectivity index (χ1v) is 11.1. The fourth-order valence-electron chi connectivity index (χ4n) is 4.69. The summed E-state index contributed by atoms with van der Waals surface area (Å²) >= 11 is 0. The third-order valence-electron chi connectivity index (χ3n) is 6.66. The Labute approximate surface area is 177 Å². The first kappa shape index (κ1) is 21.0. The Morgan fingerprint density at radius 1 is 0.800 bits per heavy atom. The summed E-state index contributed by atoms with van der Waals surface area (Å²) in [5.41, 5.74) is 4.69. The van der Waals surface area contributed by atoms with Gasteiger partial charge in [0, 0.05) is 0 Å². The van der Waals surface area contributed by atoms with Crippen LogP contribution in [-0.4, -0.2) is 12.3 Å². The molecule has 2 atom stereocenters. The normalized spacial score (nSPS) is 22.5. The van der Waals surface area contributed by atoms with Crippen LogP contribution in [0, 0.1) is 18.7 Å². The van der Waals surface area contributed by atoms with Crippen LogP contribution in [0.25, 0.3) is 11.1 Å². The van der Waals surface area contributed by atoms with Crippen LogP contribution in [0.3, 0.4) is 0 Å². The van der Waals surface area contributed by atoms with Crippen LogP contribution in [-0.2, 0) is 6.42 Å². The predicted molar refractivity (Wildman–Crippen MR) is 117 cm³/mol. The molecule has 4 rings (SSSR count). The lowest BCUT2D eigenvalue weighted by atomic mass is 9.78. The highest BCUT2D eigenvalue weighted by Gasteiger charge is 2.34. The predicted octanol–water partition coefficient (Wildman–Crippen LogP) is 7.86. The summed E-state index contributed by atoms with van der Waals surface area (Å²) < 4.78 is 43.4. The van der Waals surface area contributed by atoms with Crippen molar-refractivity contribution in [2.24, 2.45) is 5.92 Å². The highest BCUT2D eigenvalue weighted by Crippen LogP contribution is 2.38. The molecule has 3 heteroatoms. The quantitative estimate of drug-likeness (QED) is 0.471. The first-order valence-electron chi connectivity index (χ1n) is 11.1. The lowest BCUT2D eigenvalue weighted by molar-refractivity contribution is 0.198. The molecule has 2 unspecified atom stereocenters. The Hall–Kier alpha value is -2.29. The van der Waals surface area contributed by atoms with E-state index in [0.29, 0.717) is 29.6 Å². The van der Waals surface area contributed by atoms with Gasteiger partial charge in [-0.2, -0.15) is 0 Å². The van der Waals surface area contributed by atoms with Crippen molar-refractivity contribution in [3.8, 4) is 11.1 Å². The molecule has 0 nitrogen and oxygen atoms in total. The summed E-state index contributed by atoms with van der Waals surface area (Å²) in [6.07, 6.45) is 7.23. The maximum atomic E-state index is 14.8. The molecule has 0 spiro atoms. The molecule has 0 N–H and O–H groups in total. The molecule has 2 aliphatic carbocycles. The summed E-state index contributed by atoms with van der Waals surface area (Å²) in [4.78, 5) is 0. The summed E-state index contributed by atoms with van der Waals surface area (Å²) in [7, 11) is 0. The monoisotopic (exact) mass is 410 g/mol. The molecule has 1 fully saturated rings. The van der Waals surface area contributed by atoms with Gasteiger partial charge in [-0.25, -0.2) is 13.2 Å². The largest absolute Gasteiger partial charge is 0.239 e. The highest BCUT2D eigenvalue weighted by atomic mass is 19.2. The summed E-state index contributed by atoms with van der Waals surface area (Å²) in [5.74, 6) is 0.000169. The van der Waals surface area contributed by atoms with E-state index in [0.717, 1.165) is 42.4 Å². The molecular weight excluding hydrogens is 381 g/mol. The zero-order valence-corrected chi connectivity index (χ0v) is 17.5. The minimum atomic E-state index is -1.53. The van der Waals surface area contributed by atoms with Crippen LogP contribution in [0.1, 0.15) is 49.7 Å². The van der Waals surface area contributed by atoms with Gasteiger partial charge in [-0.3, -0.25) is 0 Å². The number of halogens is 3. The fraction of sp³-hybridized carbons (Fsp3) is 0.407. The average molecular weight is 411 g/mol. The van der Waals surface area contributed by atoms with Crippen molar-refractivity contribution >= 4 is 0 Å². The van der Waals surface area contributed by atoms with Crippen molar-refractivity contribution in [3.05, 3.63) is 82.7 Å². The van der Waals surface area contributed by atoms with E-state index >= 15 is 0 Å². The SMILES string of the molecule is Cc1ccc(-c2ccc(CCC3=CC=C(C4CCCCC4)C(F)C3F)cc2)cc1F. The molecule has 2 aromatic rings. The summed E-state index contributed by atoms with van der Waals surface area (Å²) in [5, 5.41) is 0. The number of benzene rings is 2. The second-order valence-corrected chi connectivity index (χ2v) is 8.71. The standard InChI is InChI=1S/C27H29F3/c1-18-7-11-23(17-25(18)28)20-12-8-19(9-13-20)10-14-22-15-16-24(27(30)26(22)29)21-5-3-2-4-6-21/h7-9,11-13,15-17,21,26-27H,2-6,10,14H2,1H3. The lowest BCUT2D eigenvalue weighted by Gasteiger charge is -2.31. The molecule has 0 aliphatic heterocycles. The maximum absolute atomic E-state index is 14.8. The summed E-state index contributed by atoms with van der Waals surface area (Å²) in [6.45, 7) is 1.75. The molecule has 158 valence electrons. The van der Waals surface area contributed by atoms with Crippen LogP contribution < -0.4 is 0 Å². The van der Waals surface area contributed by atoms with Gasteiger partial charge in [0.05, 0.1) is 0 Å². The van der Waals surface area contributed by atoms with Crippen molar-refractivity contribution < 1.29 is 13.2 Å². The van der Waals surface area contributed by atoms with E-state index in [1.807, 2.05) is 42.5 Å². The van der Waals surface area contributed by atoms with Gasteiger partial charge in [-0.15, -0.1) is 0 Å². The van der Waals surface area contributed by atoms with Crippen LogP contribution in [0.15, 0.2) is 65.8 Å². The highest BCUT2D eigenvalue weighted by molar-refractivity contribution is 5.64. The third kappa shape index (κ3) is 4.55. The molecular formula is C27H29F3. The number of hydrogen-bond donors (Lipinski definition) is 0. The van der Waals surface area contributed by atoms with E-state index in [9.17, 15) is 13.2 Å². The minimum Gasteiger partial charge on any atom is -0.239 e. The van der Waals surface area contributed by atoms with E-state index in [1.54, 1.807) is 19.1 Å². The first-order chi connectivity index (χ1) is 14.5. The van der Waals surface area contributed by atoms with Crippen LogP contribution in [0.4, 0.5) is 13.2 Å². The number of hydrogen-bond acceptors (Lipinski definition) is 0. The molecule has 1 saturated carbocycles. The topological polar surface area (TPSA) is 0 Å². The fourth-order valence-corrected chi connectivity index (χ4v) is 4.69. The average Bonchev–Trinajstić information content (AvgIpc) is 2.78. The number of rotatable bonds is 5. The molecule has 30 heavy (non-hydrogen) atoms. The van der Waals surface area contributed by atoms with Gasteiger partial charge in [-0.1, -0.05) is 67.8 Å². The van der Waals surface area contributed by atoms with E-state index in [1.165, 1.54) is 6.42 Å². The summed E-state index contributed by atoms with van der Waals surface area (Å²) in [6, 6.07) is 13.1. The second-order valence-electron chi connectivity index (χ2n) is 8.71. The van der Waals surface area contributed by atoms with Crippen molar-refractivity contribution in [1.82, 2.24) is 0 Å². The Morgan fingerprint density at radius 2 is 1.50 bits per heavy atom. The van der Waals surface area contributed by atoms with Crippen LogP contribution in [0.2, 0.25) is 0 Å². The Kier molecular flexibility index (Phi) is 6.46. The maximum Gasteiger partial charge on any atom is 0.157 e. The smallest absolute Gasteiger partial charge is 0.157 e. The molecule has 0 heterocycles. The van der Waals surface area contributed by atoms with Crippen molar-refractivity contribution in [2.75, 3.05) is 0 Å².